The molecule has 0 spiro atoms. The number of nitrogens with zero attached hydrogens (tertiary/aromatic N) is 2. The van der Waals surface area contributed by atoms with Crippen molar-refractivity contribution in [1.82, 2.24) is 15.3 Å². The summed E-state index contributed by atoms with van der Waals surface area (Å²) in [6.07, 6.45) is 2.38. The van der Waals surface area contributed by atoms with Gasteiger partial charge in [0.15, 0.2) is 5.16 Å². The topological polar surface area (TPSA) is 84.0 Å². The highest BCUT2D eigenvalue weighted by Gasteiger charge is 2.14. The van der Waals surface area contributed by atoms with Crippen LogP contribution >= 0.6 is 39.3 Å². The van der Waals surface area contributed by atoms with Gasteiger partial charge in [0.25, 0.3) is 5.91 Å². The van der Waals surface area contributed by atoms with Crippen molar-refractivity contribution in [3.63, 3.8) is 0 Å². The zero-order valence-electron chi connectivity index (χ0n) is 17.4. The van der Waals surface area contributed by atoms with Gasteiger partial charge in [-0.3, -0.25) is 9.59 Å². The van der Waals surface area contributed by atoms with Crippen LogP contribution in [-0.2, 0) is 10.5 Å². The van der Waals surface area contributed by atoms with E-state index in [1.54, 1.807) is 6.20 Å². The number of anilines is 1. The van der Waals surface area contributed by atoms with Crippen molar-refractivity contribution in [3.05, 3.63) is 81.0 Å². The first-order chi connectivity index (χ1) is 15.4. The molecule has 0 bridgehead atoms. The van der Waals surface area contributed by atoms with Crippen molar-refractivity contribution in [2.24, 2.45) is 0 Å². The molecule has 3 rings (SSSR count). The van der Waals surface area contributed by atoms with Gasteiger partial charge in [0.1, 0.15) is 5.69 Å². The zero-order chi connectivity index (χ0) is 22.9. The number of rotatable bonds is 9. The number of nitrogens with one attached hydrogen (secondary N) is 2. The van der Waals surface area contributed by atoms with E-state index in [2.05, 4.69) is 36.5 Å². The normalized spacial score (nSPS) is 10.6. The van der Waals surface area contributed by atoms with Crippen LogP contribution in [0.1, 0.15) is 34.5 Å². The average molecular weight is 534 g/mol. The monoisotopic (exact) mass is 532 g/mol. The Hall–Kier alpha value is -2.42. The van der Waals surface area contributed by atoms with Crippen molar-refractivity contribution in [1.29, 1.82) is 0 Å². The van der Waals surface area contributed by atoms with Gasteiger partial charge in [-0.25, -0.2) is 9.97 Å². The van der Waals surface area contributed by atoms with Crippen molar-refractivity contribution >= 4 is 56.8 Å². The smallest absolute Gasteiger partial charge is 0.271 e. The second-order valence-electron chi connectivity index (χ2n) is 7.00. The van der Waals surface area contributed by atoms with Gasteiger partial charge in [-0.2, -0.15) is 0 Å². The molecule has 0 atom stereocenters. The van der Waals surface area contributed by atoms with Crippen LogP contribution in [0.15, 0.2) is 64.4 Å². The maximum absolute atomic E-state index is 12.6. The predicted octanol–water partition coefficient (Wildman–Crippen LogP) is 5.64. The van der Waals surface area contributed by atoms with E-state index in [9.17, 15) is 9.59 Å². The number of amides is 2. The maximum Gasteiger partial charge on any atom is 0.271 e. The van der Waals surface area contributed by atoms with Crippen molar-refractivity contribution in [2.75, 3.05) is 11.9 Å². The summed E-state index contributed by atoms with van der Waals surface area (Å²) in [7, 11) is 0. The van der Waals surface area contributed by atoms with Gasteiger partial charge in [-0.15, -0.1) is 0 Å². The van der Waals surface area contributed by atoms with Crippen LogP contribution < -0.4 is 10.6 Å². The fourth-order valence-corrected chi connectivity index (χ4v) is 4.20. The number of benzene rings is 2. The molecule has 0 saturated heterocycles. The molecule has 0 saturated carbocycles. The number of carbonyl (C=O) groups is 2. The SMILES string of the molecule is Cc1ccc(NC(=O)CCCNC(=O)c2nc(SCc3ccccc3Cl)ncc2Br)cc1. The molecule has 2 aromatic carbocycles. The third-order valence-corrected chi connectivity index (χ3v) is 6.31. The number of carbonyl (C=O) groups excluding carboxylic acids is 2. The van der Waals surface area contributed by atoms with Crippen LogP contribution in [0.3, 0.4) is 0 Å². The highest BCUT2D eigenvalue weighted by atomic mass is 79.9. The Kier molecular flexibility index (Phi) is 9.08. The molecule has 1 aromatic heterocycles. The van der Waals surface area contributed by atoms with Gasteiger partial charge in [-0.05, 0) is 53.0 Å². The Balaban J connectivity index is 1.47. The standard InChI is InChI=1S/C23H22BrClN4O2S/c1-15-8-10-17(11-9-15)28-20(30)7-4-12-26-22(31)21-18(24)13-27-23(29-21)32-14-16-5-2-3-6-19(16)25/h2-3,5-6,8-11,13H,4,7,12,14H2,1H3,(H,26,31)(H,28,30). The molecule has 0 radical (unpaired) electrons. The molecular weight excluding hydrogens is 512 g/mol. The van der Waals surface area contributed by atoms with Crippen molar-refractivity contribution in [3.8, 4) is 0 Å². The number of aryl methyl sites for hydroxylation is 1. The lowest BCUT2D eigenvalue weighted by molar-refractivity contribution is -0.116. The van der Waals surface area contributed by atoms with Crippen LogP contribution in [0.2, 0.25) is 5.02 Å². The van der Waals surface area contributed by atoms with Crippen LogP contribution in [0.4, 0.5) is 5.69 Å². The Labute approximate surface area is 204 Å². The Morgan fingerprint density at radius 1 is 1.12 bits per heavy atom. The molecule has 0 aliphatic carbocycles. The second kappa shape index (κ2) is 12.0. The first-order valence-corrected chi connectivity index (χ1v) is 12.1. The lowest BCUT2D eigenvalue weighted by Crippen LogP contribution is -2.27. The minimum atomic E-state index is -0.321. The number of hydrogen-bond donors (Lipinski definition) is 2. The molecule has 3 aromatic rings. The van der Waals surface area contributed by atoms with Gasteiger partial charge in [0, 0.05) is 35.6 Å². The van der Waals surface area contributed by atoms with E-state index in [1.165, 1.54) is 11.8 Å². The van der Waals surface area contributed by atoms with Crippen LogP contribution in [-0.4, -0.2) is 28.3 Å². The summed E-state index contributed by atoms with van der Waals surface area (Å²) < 4.78 is 0.509. The van der Waals surface area contributed by atoms with Crippen LogP contribution in [0.5, 0.6) is 0 Å². The fourth-order valence-electron chi connectivity index (χ4n) is 2.73. The molecule has 0 aliphatic heterocycles. The number of halogens is 2. The molecular formula is C23H22BrClN4O2S. The lowest BCUT2D eigenvalue weighted by atomic mass is 10.2. The minimum absolute atomic E-state index is 0.0930. The molecule has 1 heterocycles. The lowest BCUT2D eigenvalue weighted by Gasteiger charge is -2.09. The molecule has 2 N–H and O–H groups in total. The highest BCUT2D eigenvalue weighted by molar-refractivity contribution is 9.10. The molecule has 2 amide bonds. The Bertz CT molecular complexity index is 1100. The Morgan fingerprint density at radius 2 is 1.88 bits per heavy atom. The first kappa shape index (κ1) is 24.2. The largest absolute Gasteiger partial charge is 0.351 e. The first-order valence-electron chi connectivity index (χ1n) is 9.96. The summed E-state index contributed by atoms with van der Waals surface area (Å²) in [6, 6.07) is 15.2. The van der Waals surface area contributed by atoms with E-state index < -0.39 is 0 Å². The fraction of sp³-hybridized carbons (Fsp3) is 0.217. The summed E-state index contributed by atoms with van der Waals surface area (Å²) >= 11 is 10.9. The van der Waals surface area contributed by atoms with Gasteiger partial charge < -0.3 is 10.6 Å². The summed E-state index contributed by atoms with van der Waals surface area (Å²) in [6.45, 7) is 2.35. The number of thioether (sulfide) groups is 1. The minimum Gasteiger partial charge on any atom is -0.351 e. The molecule has 0 unspecified atom stereocenters. The average Bonchev–Trinajstić information content (AvgIpc) is 2.78. The van der Waals surface area contributed by atoms with Gasteiger partial charge in [0.05, 0.1) is 4.47 Å². The third kappa shape index (κ3) is 7.32. The predicted molar refractivity (Wildman–Crippen MR) is 132 cm³/mol. The molecule has 0 aliphatic rings. The van der Waals surface area contributed by atoms with E-state index in [0.29, 0.717) is 39.8 Å². The van der Waals surface area contributed by atoms with E-state index in [-0.39, 0.29) is 17.5 Å². The summed E-state index contributed by atoms with van der Waals surface area (Å²) in [4.78, 5) is 33.2. The van der Waals surface area contributed by atoms with Crippen molar-refractivity contribution in [2.45, 2.75) is 30.7 Å². The summed E-state index contributed by atoms with van der Waals surface area (Å²) in [5.74, 6) is 0.181. The molecule has 166 valence electrons. The van der Waals surface area contributed by atoms with Gasteiger partial charge >= 0.3 is 0 Å². The van der Waals surface area contributed by atoms with Crippen LogP contribution in [0, 0.1) is 6.92 Å². The van der Waals surface area contributed by atoms with Gasteiger partial charge in [-0.1, -0.05) is 59.3 Å². The van der Waals surface area contributed by atoms with Crippen molar-refractivity contribution < 1.29 is 9.59 Å². The van der Waals surface area contributed by atoms with Crippen LogP contribution in [0.25, 0.3) is 0 Å². The maximum atomic E-state index is 12.6. The second-order valence-corrected chi connectivity index (χ2v) is 9.21. The van der Waals surface area contributed by atoms with E-state index >= 15 is 0 Å². The zero-order valence-corrected chi connectivity index (χ0v) is 20.6. The molecule has 9 heteroatoms. The third-order valence-electron chi connectivity index (χ3n) is 4.45. The number of hydrogen-bond acceptors (Lipinski definition) is 5. The highest BCUT2D eigenvalue weighted by Crippen LogP contribution is 2.25. The Morgan fingerprint density at radius 3 is 2.62 bits per heavy atom. The molecule has 32 heavy (non-hydrogen) atoms. The number of aromatic nitrogens is 2. The van der Waals surface area contributed by atoms with Gasteiger partial charge in [0.2, 0.25) is 5.91 Å². The van der Waals surface area contributed by atoms with E-state index in [4.69, 9.17) is 11.6 Å². The molecule has 6 nitrogen and oxygen atoms in total. The molecule has 0 fully saturated rings. The van der Waals surface area contributed by atoms with E-state index in [1.807, 2.05) is 55.5 Å². The summed E-state index contributed by atoms with van der Waals surface area (Å²) in [5, 5.41) is 6.82. The van der Waals surface area contributed by atoms with E-state index in [0.717, 1.165) is 16.8 Å². The summed E-state index contributed by atoms with van der Waals surface area (Å²) in [5.41, 5.74) is 3.12. The quantitative estimate of drug-likeness (QED) is 0.211.